The maximum Gasteiger partial charge on any atom is 0.282 e. The summed E-state index contributed by atoms with van der Waals surface area (Å²) in [5, 5.41) is 8.86. The molecule has 0 bridgehead atoms. The fourth-order valence-corrected chi connectivity index (χ4v) is 1.78. The van der Waals surface area contributed by atoms with Crippen molar-refractivity contribution < 1.29 is 14.6 Å². The van der Waals surface area contributed by atoms with Gasteiger partial charge in [0.1, 0.15) is 6.61 Å². The first kappa shape index (κ1) is 8.77. The third kappa shape index (κ3) is 1.76. The summed E-state index contributed by atoms with van der Waals surface area (Å²) in [5.41, 5.74) is 5.40. The molecule has 0 aromatic carbocycles. The van der Waals surface area contributed by atoms with Crippen molar-refractivity contribution in [3.05, 3.63) is 0 Å². The minimum atomic E-state index is -0.0259. The third-order valence-corrected chi connectivity index (χ3v) is 2.55. The highest BCUT2D eigenvalue weighted by Crippen LogP contribution is 2.26. The Morgan fingerprint density at radius 2 is 2.38 bits per heavy atom. The SMILES string of the molecule is NC1=NC(C2COC(CO)C2)CO1. The zero-order valence-corrected chi connectivity index (χ0v) is 7.35. The van der Waals surface area contributed by atoms with Crippen LogP contribution in [0.2, 0.25) is 0 Å². The van der Waals surface area contributed by atoms with Crippen molar-refractivity contribution in [1.29, 1.82) is 0 Å². The monoisotopic (exact) mass is 186 g/mol. The van der Waals surface area contributed by atoms with E-state index in [1.807, 2.05) is 0 Å². The van der Waals surface area contributed by atoms with Gasteiger partial charge in [0.15, 0.2) is 0 Å². The molecule has 2 heterocycles. The summed E-state index contributed by atoms with van der Waals surface area (Å²) in [6.07, 6.45) is 0.823. The smallest absolute Gasteiger partial charge is 0.282 e. The summed E-state index contributed by atoms with van der Waals surface area (Å²) < 4.78 is 10.4. The molecule has 13 heavy (non-hydrogen) atoms. The highest BCUT2D eigenvalue weighted by molar-refractivity contribution is 5.73. The number of amidine groups is 1. The number of nitrogens with zero attached hydrogens (tertiary/aromatic N) is 1. The molecule has 0 amide bonds. The summed E-state index contributed by atoms with van der Waals surface area (Å²) in [5.74, 6) is 0.346. The number of hydrogen-bond acceptors (Lipinski definition) is 5. The first-order valence-corrected chi connectivity index (χ1v) is 4.48. The number of aliphatic hydroxyl groups excluding tert-OH is 1. The topological polar surface area (TPSA) is 77.1 Å². The van der Waals surface area contributed by atoms with Gasteiger partial charge in [0, 0.05) is 5.92 Å². The van der Waals surface area contributed by atoms with Crippen LogP contribution in [-0.2, 0) is 9.47 Å². The Hall–Kier alpha value is -0.810. The normalized spacial score (nSPS) is 38.8. The van der Waals surface area contributed by atoms with Crippen LogP contribution in [-0.4, -0.2) is 43.1 Å². The minimum Gasteiger partial charge on any atom is -0.463 e. The van der Waals surface area contributed by atoms with E-state index < -0.39 is 0 Å². The number of aliphatic imine (C=N–C) groups is 1. The Morgan fingerprint density at radius 1 is 1.54 bits per heavy atom. The highest BCUT2D eigenvalue weighted by atomic mass is 16.5. The lowest BCUT2D eigenvalue weighted by atomic mass is 9.98. The standard InChI is InChI=1S/C8H14N2O3/c9-8-10-7(4-13-8)5-1-6(2-11)12-3-5/h5-7,11H,1-4H2,(H2,9,10). The van der Waals surface area contributed by atoms with Crippen LogP contribution in [0.1, 0.15) is 6.42 Å². The molecule has 5 heteroatoms. The number of hydrogen-bond donors (Lipinski definition) is 2. The maximum absolute atomic E-state index is 8.86. The average molecular weight is 186 g/mol. The molecule has 2 rings (SSSR count). The molecule has 2 aliphatic rings. The van der Waals surface area contributed by atoms with E-state index >= 15 is 0 Å². The second-order valence-corrected chi connectivity index (χ2v) is 3.48. The molecule has 2 aliphatic heterocycles. The van der Waals surface area contributed by atoms with Crippen molar-refractivity contribution in [3.8, 4) is 0 Å². The average Bonchev–Trinajstić information content (AvgIpc) is 2.71. The fraction of sp³-hybridized carbons (Fsp3) is 0.875. The van der Waals surface area contributed by atoms with Crippen molar-refractivity contribution in [2.45, 2.75) is 18.6 Å². The first-order chi connectivity index (χ1) is 6.29. The van der Waals surface area contributed by atoms with Gasteiger partial charge in [-0.2, -0.15) is 0 Å². The lowest BCUT2D eigenvalue weighted by Gasteiger charge is -2.10. The third-order valence-electron chi connectivity index (χ3n) is 2.55. The molecule has 0 aliphatic carbocycles. The lowest BCUT2D eigenvalue weighted by molar-refractivity contribution is 0.0565. The van der Waals surface area contributed by atoms with E-state index in [-0.39, 0.29) is 24.8 Å². The van der Waals surface area contributed by atoms with Gasteiger partial charge < -0.3 is 20.3 Å². The Kier molecular flexibility index (Phi) is 2.37. The molecule has 5 nitrogen and oxygen atoms in total. The van der Waals surface area contributed by atoms with E-state index in [1.165, 1.54) is 0 Å². The Labute approximate surface area is 76.5 Å². The predicted molar refractivity (Wildman–Crippen MR) is 46.3 cm³/mol. The van der Waals surface area contributed by atoms with Gasteiger partial charge >= 0.3 is 0 Å². The van der Waals surface area contributed by atoms with Crippen LogP contribution in [0, 0.1) is 5.92 Å². The van der Waals surface area contributed by atoms with Gasteiger partial charge in [0.2, 0.25) is 0 Å². The van der Waals surface area contributed by atoms with E-state index in [2.05, 4.69) is 4.99 Å². The molecule has 3 N–H and O–H groups in total. The molecule has 3 atom stereocenters. The summed E-state index contributed by atoms with van der Waals surface area (Å²) in [4.78, 5) is 4.15. The van der Waals surface area contributed by atoms with Gasteiger partial charge in [0.05, 0.1) is 25.4 Å². The Bertz CT molecular complexity index is 219. The van der Waals surface area contributed by atoms with Crippen molar-refractivity contribution in [2.75, 3.05) is 19.8 Å². The van der Waals surface area contributed by atoms with Crippen LogP contribution in [0.25, 0.3) is 0 Å². The number of aliphatic hydroxyl groups is 1. The second-order valence-electron chi connectivity index (χ2n) is 3.48. The highest BCUT2D eigenvalue weighted by Gasteiger charge is 2.34. The Morgan fingerprint density at radius 3 is 2.92 bits per heavy atom. The number of ether oxygens (including phenoxy) is 2. The van der Waals surface area contributed by atoms with Crippen LogP contribution in [0.5, 0.6) is 0 Å². The molecule has 0 saturated carbocycles. The van der Waals surface area contributed by atoms with Gasteiger partial charge in [-0.15, -0.1) is 0 Å². The van der Waals surface area contributed by atoms with Crippen molar-refractivity contribution in [3.63, 3.8) is 0 Å². The first-order valence-electron chi connectivity index (χ1n) is 4.48. The van der Waals surface area contributed by atoms with Gasteiger partial charge in [-0.05, 0) is 6.42 Å². The summed E-state index contributed by atoms with van der Waals surface area (Å²) in [6, 6.07) is 0.397. The van der Waals surface area contributed by atoms with Crippen LogP contribution < -0.4 is 5.73 Å². The van der Waals surface area contributed by atoms with E-state index in [0.29, 0.717) is 19.1 Å². The number of nitrogens with two attached hydrogens (primary N) is 1. The molecule has 74 valence electrons. The van der Waals surface area contributed by atoms with Crippen molar-refractivity contribution >= 4 is 6.02 Å². The maximum atomic E-state index is 8.86. The molecule has 3 unspecified atom stereocenters. The summed E-state index contributed by atoms with van der Waals surface area (Å²) >= 11 is 0. The molecule has 1 fully saturated rings. The quantitative estimate of drug-likeness (QED) is 0.585. The van der Waals surface area contributed by atoms with Gasteiger partial charge in [-0.25, -0.2) is 4.99 Å². The van der Waals surface area contributed by atoms with Crippen LogP contribution in [0.4, 0.5) is 0 Å². The van der Waals surface area contributed by atoms with E-state index in [0.717, 1.165) is 6.42 Å². The molecule has 1 saturated heterocycles. The van der Waals surface area contributed by atoms with E-state index in [9.17, 15) is 0 Å². The largest absolute Gasteiger partial charge is 0.463 e. The second kappa shape index (κ2) is 3.51. The van der Waals surface area contributed by atoms with Gasteiger partial charge in [-0.3, -0.25) is 0 Å². The van der Waals surface area contributed by atoms with Gasteiger partial charge in [0.25, 0.3) is 6.02 Å². The molecule has 0 radical (unpaired) electrons. The van der Waals surface area contributed by atoms with Crippen LogP contribution >= 0.6 is 0 Å². The summed E-state index contributed by atoms with van der Waals surface area (Å²) in [7, 11) is 0. The zero-order chi connectivity index (χ0) is 9.26. The van der Waals surface area contributed by atoms with E-state index in [1.54, 1.807) is 0 Å². The minimum absolute atomic E-state index is 0.0259. The molecular weight excluding hydrogens is 172 g/mol. The number of rotatable bonds is 2. The fourth-order valence-electron chi connectivity index (χ4n) is 1.78. The Balaban J connectivity index is 1.89. The van der Waals surface area contributed by atoms with Crippen LogP contribution in [0.15, 0.2) is 4.99 Å². The molecule has 0 aromatic rings. The summed E-state index contributed by atoms with van der Waals surface area (Å²) in [6.45, 7) is 1.29. The predicted octanol–water partition coefficient (Wildman–Crippen LogP) is -0.903. The zero-order valence-electron chi connectivity index (χ0n) is 7.35. The van der Waals surface area contributed by atoms with E-state index in [4.69, 9.17) is 20.3 Å². The van der Waals surface area contributed by atoms with Crippen LogP contribution in [0.3, 0.4) is 0 Å². The van der Waals surface area contributed by atoms with Gasteiger partial charge in [-0.1, -0.05) is 0 Å². The molecule has 0 spiro atoms. The lowest BCUT2D eigenvalue weighted by Crippen LogP contribution is -2.20. The molecular formula is C8H14N2O3. The molecule has 0 aromatic heterocycles. The van der Waals surface area contributed by atoms with Crippen molar-refractivity contribution in [1.82, 2.24) is 0 Å². The van der Waals surface area contributed by atoms with Crippen molar-refractivity contribution in [2.24, 2.45) is 16.6 Å².